The van der Waals surface area contributed by atoms with Gasteiger partial charge in [-0.15, -0.1) is 11.7 Å². The smallest absolute Gasteiger partial charge is 0.200 e. The zero-order valence-electron chi connectivity index (χ0n) is 4.65. The number of rotatable bonds is 1. The molecule has 10 heavy (non-hydrogen) atoms. The van der Waals surface area contributed by atoms with Crippen LogP contribution in [0.4, 0.5) is 17.6 Å². The van der Waals surface area contributed by atoms with Crippen LogP contribution in [-0.2, 0) is 0 Å². The molecule has 1 aliphatic carbocycles. The highest BCUT2D eigenvalue weighted by Gasteiger charge is 2.71. The SMILES string of the molecule is FC1(F)CC(SS)C1(F)F. The number of hydrogen-bond donors (Lipinski definition) is 1. The molecule has 0 N–H and O–H groups in total. The summed E-state index contributed by atoms with van der Waals surface area (Å²) in [6, 6.07) is 0. The second kappa shape index (κ2) is 2.20. The lowest BCUT2D eigenvalue weighted by Gasteiger charge is -2.42. The summed E-state index contributed by atoms with van der Waals surface area (Å²) in [5, 5.41) is -1.33. The van der Waals surface area contributed by atoms with Gasteiger partial charge in [0.2, 0.25) is 0 Å². The van der Waals surface area contributed by atoms with Crippen molar-refractivity contribution in [3.05, 3.63) is 0 Å². The number of hydrogen-bond acceptors (Lipinski definition) is 2. The fourth-order valence-electron chi connectivity index (χ4n) is 0.705. The Morgan fingerprint density at radius 2 is 1.80 bits per heavy atom. The van der Waals surface area contributed by atoms with E-state index in [-0.39, 0.29) is 0 Å². The van der Waals surface area contributed by atoms with Gasteiger partial charge >= 0.3 is 11.8 Å². The van der Waals surface area contributed by atoms with E-state index in [1.165, 1.54) is 0 Å². The standard InChI is InChI=1S/C4H4F4S2/c5-3(6)1-2(10-9)4(3,7)8/h2,9H,1H2. The van der Waals surface area contributed by atoms with Crippen molar-refractivity contribution in [3.63, 3.8) is 0 Å². The largest absolute Gasteiger partial charge is 0.322 e. The van der Waals surface area contributed by atoms with E-state index in [0.29, 0.717) is 10.8 Å². The van der Waals surface area contributed by atoms with E-state index in [0.717, 1.165) is 0 Å². The van der Waals surface area contributed by atoms with Crippen LogP contribution in [0.2, 0.25) is 0 Å². The van der Waals surface area contributed by atoms with Gasteiger partial charge in [0.15, 0.2) is 0 Å². The molecule has 0 heterocycles. The molecule has 0 bridgehead atoms. The lowest BCUT2D eigenvalue weighted by Crippen LogP contribution is -2.60. The molecule has 0 amide bonds. The first-order valence-corrected chi connectivity index (χ1v) is 4.41. The van der Waals surface area contributed by atoms with Crippen molar-refractivity contribution >= 4 is 22.5 Å². The minimum atomic E-state index is -3.86. The Bertz CT molecular complexity index is 146. The van der Waals surface area contributed by atoms with E-state index in [9.17, 15) is 17.6 Å². The molecule has 0 aromatic carbocycles. The Morgan fingerprint density at radius 3 is 1.90 bits per heavy atom. The molecule has 0 nitrogen and oxygen atoms in total. The van der Waals surface area contributed by atoms with Crippen LogP contribution in [0.3, 0.4) is 0 Å². The molecule has 1 aliphatic rings. The average molecular weight is 192 g/mol. The van der Waals surface area contributed by atoms with Gasteiger partial charge < -0.3 is 0 Å². The van der Waals surface area contributed by atoms with Gasteiger partial charge in [-0.3, -0.25) is 0 Å². The van der Waals surface area contributed by atoms with Crippen molar-refractivity contribution in [1.82, 2.24) is 0 Å². The third-order valence-electron chi connectivity index (χ3n) is 1.46. The Morgan fingerprint density at radius 1 is 1.30 bits per heavy atom. The lowest BCUT2D eigenvalue weighted by atomic mass is 9.89. The van der Waals surface area contributed by atoms with Gasteiger partial charge in [-0.05, 0) is 0 Å². The predicted molar refractivity (Wildman–Crippen MR) is 34.9 cm³/mol. The first kappa shape index (κ1) is 8.52. The third-order valence-corrected chi connectivity index (χ3v) is 2.94. The zero-order chi connectivity index (χ0) is 7.99. The number of alkyl halides is 4. The van der Waals surface area contributed by atoms with Crippen LogP contribution < -0.4 is 0 Å². The van der Waals surface area contributed by atoms with Crippen LogP contribution >= 0.6 is 22.5 Å². The molecule has 0 aromatic heterocycles. The van der Waals surface area contributed by atoms with Crippen LogP contribution in [0.15, 0.2) is 0 Å². The molecule has 1 unspecified atom stereocenters. The summed E-state index contributed by atoms with van der Waals surface area (Å²) in [5.74, 6) is -7.67. The van der Waals surface area contributed by atoms with E-state index in [1.807, 2.05) is 0 Å². The van der Waals surface area contributed by atoms with Crippen LogP contribution in [0, 0.1) is 0 Å². The molecule has 1 fully saturated rings. The maximum Gasteiger partial charge on any atom is 0.322 e. The lowest BCUT2D eigenvalue weighted by molar-refractivity contribution is -0.268. The average Bonchev–Trinajstić information content (AvgIpc) is 1.83. The summed E-state index contributed by atoms with van der Waals surface area (Å²) >= 11 is 3.44. The van der Waals surface area contributed by atoms with Gasteiger partial charge in [-0.25, -0.2) is 0 Å². The molecular formula is C4H4F4S2. The second-order valence-corrected chi connectivity index (χ2v) is 3.54. The summed E-state index contributed by atoms with van der Waals surface area (Å²) < 4.78 is 48.2. The van der Waals surface area contributed by atoms with Crippen LogP contribution in [-0.4, -0.2) is 17.1 Å². The van der Waals surface area contributed by atoms with Gasteiger partial charge in [0.05, 0.1) is 5.25 Å². The maximum absolute atomic E-state index is 12.2. The van der Waals surface area contributed by atoms with Crippen LogP contribution in [0.25, 0.3) is 0 Å². The summed E-state index contributed by atoms with van der Waals surface area (Å²) in [4.78, 5) is 0. The monoisotopic (exact) mass is 192 g/mol. The van der Waals surface area contributed by atoms with Crippen molar-refractivity contribution < 1.29 is 17.6 Å². The summed E-state index contributed by atoms with van der Waals surface area (Å²) in [5.41, 5.74) is 0. The molecule has 60 valence electrons. The third kappa shape index (κ3) is 0.922. The van der Waals surface area contributed by atoms with Crippen molar-refractivity contribution in [2.45, 2.75) is 23.5 Å². The topological polar surface area (TPSA) is 0 Å². The summed E-state index contributed by atoms with van der Waals surface area (Å²) in [6.07, 6.45) is -0.770. The van der Waals surface area contributed by atoms with Crippen molar-refractivity contribution in [2.24, 2.45) is 0 Å². The summed E-state index contributed by atoms with van der Waals surface area (Å²) in [6.45, 7) is 0. The quantitative estimate of drug-likeness (QED) is 0.378. The molecule has 0 spiro atoms. The molecule has 1 rings (SSSR count). The van der Waals surface area contributed by atoms with Gasteiger partial charge in [0.1, 0.15) is 0 Å². The second-order valence-electron chi connectivity index (χ2n) is 2.13. The Balaban J connectivity index is 2.65. The fourth-order valence-corrected chi connectivity index (χ4v) is 1.91. The molecule has 0 saturated heterocycles. The maximum atomic E-state index is 12.2. The fraction of sp³-hybridized carbons (Fsp3) is 1.00. The van der Waals surface area contributed by atoms with Gasteiger partial charge in [0, 0.05) is 6.42 Å². The summed E-state index contributed by atoms with van der Waals surface area (Å²) in [7, 11) is 0.485. The van der Waals surface area contributed by atoms with Gasteiger partial charge in [0.25, 0.3) is 0 Å². The first-order chi connectivity index (χ1) is 4.42. The Labute approximate surface area is 64.2 Å². The minimum absolute atomic E-state index is 0.485. The van der Waals surface area contributed by atoms with E-state index >= 15 is 0 Å². The highest BCUT2D eigenvalue weighted by atomic mass is 33.1. The first-order valence-electron chi connectivity index (χ1n) is 2.47. The predicted octanol–water partition coefficient (Wildman–Crippen LogP) is 2.61. The van der Waals surface area contributed by atoms with E-state index in [1.54, 1.807) is 0 Å². The van der Waals surface area contributed by atoms with Crippen LogP contribution in [0.5, 0.6) is 0 Å². The van der Waals surface area contributed by atoms with Crippen molar-refractivity contribution in [1.29, 1.82) is 0 Å². The Hall–Kier alpha value is 0.420. The molecule has 1 saturated carbocycles. The highest BCUT2D eigenvalue weighted by Crippen LogP contribution is 2.56. The molecule has 0 aliphatic heterocycles. The van der Waals surface area contributed by atoms with Crippen molar-refractivity contribution in [2.75, 3.05) is 0 Å². The zero-order valence-corrected chi connectivity index (χ0v) is 6.36. The Kier molecular flexibility index (Phi) is 1.87. The molecule has 6 heteroatoms. The number of halogens is 4. The van der Waals surface area contributed by atoms with E-state index < -0.39 is 23.5 Å². The molecule has 0 radical (unpaired) electrons. The van der Waals surface area contributed by atoms with Crippen LogP contribution in [0.1, 0.15) is 6.42 Å². The van der Waals surface area contributed by atoms with Gasteiger partial charge in [-0.1, -0.05) is 10.8 Å². The minimum Gasteiger partial charge on any atom is -0.200 e. The molecule has 0 aromatic rings. The number of thiol groups is 1. The molecular weight excluding hydrogens is 188 g/mol. The van der Waals surface area contributed by atoms with Gasteiger partial charge in [-0.2, -0.15) is 17.6 Å². The van der Waals surface area contributed by atoms with Crippen molar-refractivity contribution in [3.8, 4) is 0 Å². The highest BCUT2D eigenvalue weighted by molar-refractivity contribution is 8.68. The van der Waals surface area contributed by atoms with E-state index in [4.69, 9.17) is 0 Å². The molecule has 1 atom stereocenters. The van der Waals surface area contributed by atoms with E-state index in [2.05, 4.69) is 11.7 Å². The normalized spacial score (nSPS) is 35.1.